The number of aryl methyl sites for hydroxylation is 1. The quantitative estimate of drug-likeness (QED) is 0.373. The maximum atomic E-state index is 14.0. The third kappa shape index (κ3) is 4.13. The van der Waals surface area contributed by atoms with Crippen LogP contribution >= 0.6 is 0 Å². The highest BCUT2D eigenvalue weighted by Crippen LogP contribution is 2.33. The molecule has 0 radical (unpaired) electrons. The van der Waals surface area contributed by atoms with Crippen LogP contribution in [0.4, 0.5) is 18.9 Å². The monoisotopic (exact) mass is 494 g/mol. The van der Waals surface area contributed by atoms with E-state index >= 15 is 0 Å². The fraction of sp³-hybridized carbons (Fsp3) is 0.125. The van der Waals surface area contributed by atoms with E-state index in [1.807, 2.05) is 24.3 Å². The van der Waals surface area contributed by atoms with E-state index in [4.69, 9.17) is 0 Å². The third-order valence-corrected chi connectivity index (χ3v) is 5.45. The van der Waals surface area contributed by atoms with E-state index in [2.05, 4.69) is 25.2 Å². The summed E-state index contributed by atoms with van der Waals surface area (Å²) < 4.78 is 48.4. The summed E-state index contributed by atoms with van der Waals surface area (Å²) in [5.74, 6) is -1.64. The number of carbonyl (C=O) groups is 2. The molecule has 36 heavy (non-hydrogen) atoms. The number of nitrogens with one attached hydrogen (secondary N) is 1. The zero-order chi connectivity index (χ0) is 25.6. The summed E-state index contributed by atoms with van der Waals surface area (Å²) in [5.41, 5.74) is -1.18. The molecule has 5 aromatic rings. The molecular weight excluding hydrogens is 477 g/mol. The van der Waals surface area contributed by atoms with Crippen molar-refractivity contribution in [1.29, 1.82) is 0 Å². The van der Waals surface area contributed by atoms with E-state index in [-0.39, 0.29) is 28.4 Å². The van der Waals surface area contributed by atoms with Gasteiger partial charge in [-0.3, -0.25) is 9.48 Å². The van der Waals surface area contributed by atoms with Crippen LogP contribution in [0.15, 0.2) is 60.8 Å². The lowest BCUT2D eigenvalue weighted by molar-refractivity contribution is -0.142. The molecule has 1 amide bonds. The van der Waals surface area contributed by atoms with Crippen molar-refractivity contribution in [1.82, 2.24) is 24.4 Å². The summed E-state index contributed by atoms with van der Waals surface area (Å²) in [7, 11) is 2.68. The molecule has 5 rings (SSSR count). The van der Waals surface area contributed by atoms with Gasteiger partial charge in [-0.2, -0.15) is 23.4 Å². The summed E-state index contributed by atoms with van der Waals surface area (Å²) >= 11 is 0. The maximum absolute atomic E-state index is 14.0. The first-order chi connectivity index (χ1) is 17.1. The Kier molecular flexibility index (Phi) is 5.43. The molecule has 182 valence electrons. The van der Waals surface area contributed by atoms with Crippen LogP contribution in [0.3, 0.4) is 0 Å². The highest BCUT2D eigenvalue weighted by molar-refractivity contribution is 6.06. The molecule has 0 aliphatic heterocycles. The molecule has 0 atom stereocenters. The molecule has 3 heterocycles. The van der Waals surface area contributed by atoms with Gasteiger partial charge in [-0.05, 0) is 22.9 Å². The average molecular weight is 494 g/mol. The van der Waals surface area contributed by atoms with Crippen LogP contribution < -0.4 is 5.32 Å². The number of ether oxygens (including phenoxy) is 1. The van der Waals surface area contributed by atoms with Gasteiger partial charge in [0.25, 0.3) is 5.91 Å². The Balaban J connectivity index is 1.58. The number of hydrogen-bond donors (Lipinski definition) is 1. The molecule has 0 saturated heterocycles. The first kappa shape index (κ1) is 23.0. The van der Waals surface area contributed by atoms with Crippen molar-refractivity contribution < 1.29 is 27.5 Å². The van der Waals surface area contributed by atoms with Gasteiger partial charge in [0, 0.05) is 24.9 Å². The average Bonchev–Trinajstić information content (AvgIpc) is 3.45. The summed E-state index contributed by atoms with van der Waals surface area (Å²) in [6.07, 6.45) is -3.41. The van der Waals surface area contributed by atoms with E-state index in [1.165, 1.54) is 17.9 Å². The van der Waals surface area contributed by atoms with Gasteiger partial charge in [0.2, 0.25) is 0 Å². The molecule has 9 nitrogen and oxygen atoms in total. The topological polar surface area (TPSA) is 103 Å². The van der Waals surface area contributed by atoms with Crippen molar-refractivity contribution in [3.63, 3.8) is 0 Å². The molecule has 0 aliphatic carbocycles. The highest BCUT2D eigenvalue weighted by atomic mass is 19.4. The van der Waals surface area contributed by atoms with Crippen molar-refractivity contribution in [3.05, 3.63) is 77.9 Å². The molecule has 0 aliphatic rings. The summed E-state index contributed by atoms with van der Waals surface area (Å²) in [6, 6.07) is 14.7. The fourth-order valence-electron chi connectivity index (χ4n) is 3.80. The molecule has 0 saturated carbocycles. The second-order valence-corrected chi connectivity index (χ2v) is 7.90. The lowest BCUT2D eigenvalue weighted by Crippen LogP contribution is -2.17. The number of anilines is 1. The second kappa shape index (κ2) is 8.48. The first-order valence-corrected chi connectivity index (χ1v) is 10.5. The number of fused-ring (bicyclic) bond motifs is 2. The Labute approximate surface area is 201 Å². The second-order valence-electron chi connectivity index (χ2n) is 7.90. The van der Waals surface area contributed by atoms with Gasteiger partial charge in [0.15, 0.2) is 22.7 Å². The Hall–Kier alpha value is -4.74. The number of halogens is 3. The largest absolute Gasteiger partial charge is 0.464 e. The van der Waals surface area contributed by atoms with E-state index in [0.29, 0.717) is 10.1 Å². The van der Waals surface area contributed by atoms with Gasteiger partial charge in [0.1, 0.15) is 0 Å². The van der Waals surface area contributed by atoms with Crippen LogP contribution in [0.1, 0.15) is 26.7 Å². The third-order valence-electron chi connectivity index (χ3n) is 5.45. The molecule has 0 unspecified atom stereocenters. The molecule has 1 N–H and O–H groups in total. The molecule has 12 heteroatoms. The number of benzene rings is 2. The van der Waals surface area contributed by atoms with Crippen molar-refractivity contribution in [2.45, 2.75) is 6.18 Å². The van der Waals surface area contributed by atoms with Crippen LogP contribution in [0.2, 0.25) is 0 Å². The van der Waals surface area contributed by atoms with Crippen LogP contribution in [0, 0.1) is 0 Å². The van der Waals surface area contributed by atoms with Gasteiger partial charge in [-0.1, -0.05) is 36.4 Å². The number of nitrogens with zero attached hydrogens (tertiary/aromatic N) is 5. The smallest absolute Gasteiger partial charge is 0.433 e. The lowest BCUT2D eigenvalue weighted by Gasteiger charge is -2.11. The van der Waals surface area contributed by atoms with Gasteiger partial charge in [-0.15, -0.1) is 0 Å². The van der Waals surface area contributed by atoms with Crippen molar-refractivity contribution >= 4 is 34.0 Å². The van der Waals surface area contributed by atoms with E-state index < -0.39 is 23.7 Å². The molecule has 2 aromatic carbocycles. The standard InChI is InChI=1S/C24H17F3N6O3/c1-32-12-18(21(31-32)23(35)36-2)29-22(34)17-11-20-28-16(10-19(24(25,26)27)33(20)30-17)15-8-7-13-5-3-4-6-14(13)9-15/h3-12H,1-2H3,(H,29,34). The van der Waals surface area contributed by atoms with Crippen LogP contribution in [0.25, 0.3) is 27.7 Å². The van der Waals surface area contributed by atoms with Gasteiger partial charge < -0.3 is 10.1 Å². The SMILES string of the molecule is COC(=O)c1nn(C)cc1NC(=O)c1cc2nc(-c3ccc4ccccc4c3)cc(C(F)(F)F)n2n1. The minimum absolute atomic E-state index is 0.0206. The predicted molar refractivity (Wildman–Crippen MR) is 123 cm³/mol. The molecule has 0 spiro atoms. The van der Waals surface area contributed by atoms with Gasteiger partial charge >= 0.3 is 12.1 Å². The Morgan fingerprint density at radius 3 is 2.47 bits per heavy atom. The van der Waals surface area contributed by atoms with Crippen molar-refractivity contribution in [2.75, 3.05) is 12.4 Å². The Bertz CT molecular complexity index is 1650. The molecule has 3 aromatic heterocycles. The molecule has 0 bridgehead atoms. The minimum Gasteiger partial charge on any atom is -0.464 e. The van der Waals surface area contributed by atoms with Crippen LogP contribution in [-0.4, -0.2) is 43.4 Å². The van der Waals surface area contributed by atoms with Crippen LogP contribution in [-0.2, 0) is 18.0 Å². The normalized spacial score (nSPS) is 11.7. The number of carbonyl (C=O) groups excluding carboxylic acids is 2. The van der Waals surface area contributed by atoms with Gasteiger partial charge in [0.05, 0.1) is 18.5 Å². The first-order valence-electron chi connectivity index (χ1n) is 10.5. The zero-order valence-corrected chi connectivity index (χ0v) is 18.9. The molecular formula is C24H17F3N6O3. The number of methoxy groups -OCH3 is 1. The zero-order valence-electron chi connectivity index (χ0n) is 18.9. The van der Waals surface area contributed by atoms with Gasteiger partial charge in [-0.25, -0.2) is 14.3 Å². The van der Waals surface area contributed by atoms with Crippen molar-refractivity contribution in [2.24, 2.45) is 7.05 Å². The van der Waals surface area contributed by atoms with E-state index in [9.17, 15) is 22.8 Å². The Morgan fingerprint density at radius 1 is 1.00 bits per heavy atom. The number of rotatable bonds is 4. The van der Waals surface area contributed by atoms with Crippen LogP contribution in [0.5, 0.6) is 0 Å². The maximum Gasteiger partial charge on any atom is 0.433 e. The molecule has 0 fully saturated rings. The minimum atomic E-state index is -4.77. The number of esters is 1. The van der Waals surface area contributed by atoms with E-state index in [0.717, 1.165) is 30.0 Å². The van der Waals surface area contributed by atoms with Crippen molar-refractivity contribution in [3.8, 4) is 11.3 Å². The Morgan fingerprint density at radius 2 is 1.75 bits per heavy atom. The van der Waals surface area contributed by atoms with E-state index in [1.54, 1.807) is 18.2 Å². The number of alkyl halides is 3. The number of amides is 1. The summed E-state index contributed by atoms with van der Waals surface area (Å²) in [6.45, 7) is 0. The highest BCUT2D eigenvalue weighted by Gasteiger charge is 2.36. The summed E-state index contributed by atoms with van der Waals surface area (Å²) in [5, 5.41) is 12.0. The predicted octanol–water partition coefficient (Wildman–Crippen LogP) is 4.34. The fourth-order valence-corrected chi connectivity index (χ4v) is 3.80. The number of aromatic nitrogens is 5. The number of hydrogen-bond acceptors (Lipinski definition) is 6. The summed E-state index contributed by atoms with van der Waals surface area (Å²) in [4.78, 5) is 29.1. The lowest BCUT2D eigenvalue weighted by atomic mass is 10.0.